The van der Waals surface area contributed by atoms with Gasteiger partial charge in [-0.25, -0.2) is 0 Å². The summed E-state index contributed by atoms with van der Waals surface area (Å²) in [6, 6.07) is 10.3. The predicted molar refractivity (Wildman–Crippen MR) is 123 cm³/mol. The Morgan fingerprint density at radius 1 is 0.750 bits per heavy atom. The van der Waals surface area contributed by atoms with Crippen LogP contribution in [0.25, 0.3) is 10.8 Å². The van der Waals surface area contributed by atoms with E-state index in [2.05, 4.69) is 35.0 Å². The van der Waals surface area contributed by atoms with Crippen molar-refractivity contribution >= 4 is 26.7 Å². The Morgan fingerprint density at radius 2 is 1.39 bits per heavy atom. The molecule has 0 amide bonds. The Kier molecular flexibility index (Phi) is 11.2. The maximum atomic E-state index is 6.14. The number of fused-ring (bicyclic) bond motifs is 1. The van der Waals surface area contributed by atoms with E-state index in [0.29, 0.717) is 6.61 Å². The van der Waals surface area contributed by atoms with Crippen LogP contribution in [-0.4, -0.2) is 25.7 Å². The Hall–Kier alpha value is -1.42. The minimum atomic E-state index is 0.712. The molecule has 2 aromatic carbocycles. The number of rotatable bonds is 15. The Labute approximate surface area is 178 Å². The predicted octanol–water partition coefficient (Wildman–Crippen LogP) is 7.53. The molecule has 0 bridgehead atoms. The minimum absolute atomic E-state index is 0.712. The van der Waals surface area contributed by atoms with Crippen molar-refractivity contribution in [1.82, 2.24) is 0 Å². The van der Waals surface area contributed by atoms with Gasteiger partial charge in [0.2, 0.25) is 0 Å². The first-order valence-corrected chi connectivity index (χ1v) is 11.8. The first-order chi connectivity index (χ1) is 13.8. The van der Waals surface area contributed by atoms with Crippen LogP contribution in [0.2, 0.25) is 0 Å². The molecule has 0 radical (unpaired) electrons. The molecule has 2 rings (SSSR count). The molecule has 0 atom stereocenters. The van der Waals surface area contributed by atoms with Crippen LogP contribution >= 0.6 is 15.9 Å². The average Bonchev–Trinajstić information content (AvgIpc) is 2.73. The lowest BCUT2D eigenvalue weighted by molar-refractivity contribution is 0.284. The Morgan fingerprint density at radius 3 is 2.11 bits per heavy atom. The van der Waals surface area contributed by atoms with Gasteiger partial charge in [0, 0.05) is 22.2 Å². The second-order valence-corrected chi connectivity index (χ2v) is 7.96. The van der Waals surface area contributed by atoms with Crippen LogP contribution in [0.15, 0.2) is 30.3 Å². The summed E-state index contributed by atoms with van der Waals surface area (Å²) in [6.07, 6.45) is 10.9. The van der Waals surface area contributed by atoms with Crippen molar-refractivity contribution in [3.8, 4) is 17.2 Å². The fourth-order valence-electron chi connectivity index (χ4n) is 3.32. The molecule has 0 saturated carbocycles. The van der Waals surface area contributed by atoms with E-state index in [1.54, 1.807) is 7.11 Å². The van der Waals surface area contributed by atoms with Crippen LogP contribution in [0.3, 0.4) is 0 Å². The highest BCUT2D eigenvalue weighted by Crippen LogP contribution is 2.41. The molecule has 0 heterocycles. The normalized spacial score (nSPS) is 11.0. The van der Waals surface area contributed by atoms with Gasteiger partial charge in [-0.15, -0.1) is 0 Å². The summed E-state index contributed by atoms with van der Waals surface area (Å²) in [4.78, 5) is 0. The number of ether oxygens (including phenoxy) is 3. The van der Waals surface area contributed by atoms with Gasteiger partial charge < -0.3 is 14.2 Å². The highest BCUT2D eigenvalue weighted by atomic mass is 79.9. The van der Waals surface area contributed by atoms with Gasteiger partial charge >= 0.3 is 0 Å². The largest absolute Gasteiger partial charge is 0.493 e. The Balaban J connectivity index is 2.00. The van der Waals surface area contributed by atoms with Crippen LogP contribution < -0.4 is 14.2 Å². The van der Waals surface area contributed by atoms with Crippen molar-refractivity contribution in [3.05, 3.63) is 30.3 Å². The van der Waals surface area contributed by atoms with Crippen LogP contribution in [0.4, 0.5) is 0 Å². The molecular weight excluding hydrogens is 416 g/mol. The quantitative estimate of drug-likeness (QED) is 0.207. The molecule has 2 aromatic rings. The van der Waals surface area contributed by atoms with Crippen LogP contribution in [0.5, 0.6) is 17.2 Å². The highest BCUT2D eigenvalue weighted by Gasteiger charge is 2.15. The van der Waals surface area contributed by atoms with Gasteiger partial charge in [-0.05, 0) is 19.3 Å². The second-order valence-electron chi connectivity index (χ2n) is 7.17. The molecule has 3 nitrogen and oxygen atoms in total. The molecular formula is C24H35BrO3. The van der Waals surface area contributed by atoms with Gasteiger partial charge in [0.15, 0.2) is 11.5 Å². The van der Waals surface area contributed by atoms with Gasteiger partial charge in [-0.2, -0.15) is 0 Å². The molecule has 156 valence electrons. The van der Waals surface area contributed by atoms with Crippen molar-refractivity contribution in [2.24, 2.45) is 0 Å². The fourth-order valence-corrected chi connectivity index (χ4v) is 3.72. The molecule has 0 aliphatic carbocycles. The van der Waals surface area contributed by atoms with Crippen molar-refractivity contribution in [1.29, 1.82) is 0 Å². The van der Waals surface area contributed by atoms with Gasteiger partial charge in [0.25, 0.3) is 0 Å². The van der Waals surface area contributed by atoms with E-state index in [1.165, 1.54) is 44.9 Å². The highest BCUT2D eigenvalue weighted by molar-refractivity contribution is 9.09. The third-order valence-electron chi connectivity index (χ3n) is 4.92. The number of alkyl halides is 1. The lowest BCUT2D eigenvalue weighted by Crippen LogP contribution is -2.02. The number of halogens is 1. The van der Waals surface area contributed by atoms with Crippen molar-refractivity contribution < 1.29 is 14.2 Å². The average molecular weight is 451 g/mol. The summed E-state index contributed by atoms with van der Waals surface area (Å²) >= 11 is 3.49. The summed E-state index contributed by atoms with van der Waals surface area (Å²) < 4.78 is 17.9. The van der Waals surface area contributed by atoms with Gasteiger partial charge in [0.05, 0.1) is 20.3 Å². The first kappa shape index (κ1) is 22.9. The molecule has 0 aliphatic rings. The molecule has 0 spiro atoms. The Bertz CT molecular complexity index is 687. The maximum Gasteiger partial charge on any atom is 0.169 e. The molecule has 4 heteroatoms. The molecule has 0 fully saturated rings. The number of hydrogen-bond acceptors (Lipinski definition) is 3. The molecule has 0 aliphatic heterocycles. The van der Waals surface area contributed by atoms with E-state index in [-0.39, 0.29) is 0 Å². The zero-order valence-electron chi connectivity index (χ0n) is 17.5. The van der Waals surface area contributed by atoms with Crippen LogP contribution in [0, 0.1) is 0 Å². The van der Waals surface area contributed by atoms with Gasteiger partial charge in [-0.1, -0.05) is 85.6 Å². The molecule has 0 aromatic heterocycles. The third-order valence-corrected chi connectivity index (χ3v) is 5.48. The molecule has 0 saturated heterocycles. The van der Waals surface area contributed by atoms with E-state index in [4.69, 9.17) is 14.2 Å². The molecule has 0 unspecified atom stereocenters. The minimum Gasteiger partial charge on any atom is -0.493 e. The summed E-state index contributed by atoms with van der Waals surface area (Å²) in [5.74, 6) is 2.46. The fraction of sp³-hybridized carbons (Fsp3) is 0.583. The zero-order chi connectivity index (χ0) is 20.0. The lowest BCUT2D eigenvalue weighted by Gasteiger charge is -2.17. The third kappa shape index (κ3) is 7.20. The van der Waals surface area contributed by atoms with Gasteiger partial charge in [0.1, 0.15) is 5.75 Å². The van der Waals surface area contributed by atoms with E-state index in [1.807, 2.05) is 18.2 Å². The van der Waals surface area contributed by atoms with Crippen molar-refractivity contribution in [2.45, 2.75) is 64.7 Å². The summed E-state index contributed by atoms with van der Waals surface area (Å²) in [5.41, 5.74) is 0. The van der Waals surface area contributed by atoms with Crippen LogP contribution in [0.1, 0.15) is 64.7 Å². The summed E-state index contributed by atoms with van der Waals surface area (Å²) in [5, 5.41) is 3.26. The topological polar surface area (TPSA) is 27.7 Å². The lowest BCUT2D eigenvalue weighted by atomic mass is 10.1. The standard InChI is InChI=1S/C24H35BrO3/c1-3-4-12-18-28-24-21-15-10-9-14-20(21)22(19-23(24)26-2)27-17-13-8-6-5-7-11-16-25/h9-10,14-15,19H,3-8,11-13,16-18H2,1-2H3. The summed E-state index contributed by atoms with van der Waals surface area (Å²) in [7, 11) is 1.69. The smallest absolute Gasteiger partial charge is 0.169 e. The number of methoxy groups -OCH3 is 1. The number of unbranched alkanes of at least 4 members (excludes halogenated alkanes) is 7. The molecule has 28 heavy (non-hydrogen) atoms. The second kappa shape index (κ2) is 13.7. The first-order valence-electron chi connectivity index (χ1n) is 10.7. The van der Waals surface area contributed by atoms with Crippen molar-refractivity contribution in [3.63, 3.8) is 0 Å². The van der Waals surface area contributed by atoms with E-state index >= 15 is 0 Å². The van der Waals surface area contributed by atoms with Crippen LogP contribution in [-0.2, 0) is 0 Å². The zero-order valence-corrected chi connectivity index (χ0v) is 19.1. The maximum absolute atomic E-state index is 6.14. The number of hydrogen-bond donors (Lipinski definition) is 0. The monoisotopic (exact) mass is 450 g/mol. The number of benzene rings is 2. The van der Waals surface area contributed by atoms with E-state index < -0.39 is 0 Å². The van der Waals surface area contributed by atoms with E-state index in [0.717, 1.165) is 52.8 Å². The molecule has 0 N–H and O–H groups in total. The van der Waals surface area contributed by atoms with Crippen molar-refractivity contribution in [2.75, 3.05) is 25.7 Å². The van der Waals surface area contributed by atoms with Gasteiger partial charge in [-0.3, -0.25) is 0 Å². The summed E-state index contributed by atoms with van der Waals surface area (Å²) in [6.45, 7) is 3.65. The SMILES string of the molecule is CCCCCOc1c(OC)cc(OCCCCCCCCBr)c2ccccc12. The van der Waals surface area contributed by atoms with E-state index in [9.17, 15) is 0 Å².